The van der Waals surface area contributed by atoms with E-state index in [-0.39, 0.29) is 0 Å². The van der Waals surface area contributed by atoms with Gasteiger partial charge in [0.25, 0.3) is 0 Å². The minimum Gasteiger partial charge on any atom is -0.399 e. The van der Waals surface area contributed by atoms with Crippen LogP contribution in [0, 0.1) is 0 Å². The van der Waals surface area contributed by atoms with Gasteiger partial charge in [0.2, 0.25) is 0 Å². The van der Waals surface area contributed by atoms with E-state index >= 15 is 0 Å². The van der Waals surface area contributed by atoms with Gasteiger partial charge in [0.05, 0.1) is 12.7 Å². The molecular formula is C12H17ClN2O. The lowest BCUT2D eigenvalue weighted by Gasteiger charge is -2.31. The zero-order valence-electron chi connectivity index (χ0n) is 9.45. The molecule has 16 heavy (non-hydrogen) atoms. The Bertz CT molecular complexity index is 370. The zero-order valence-corrected chi connectivity index (χ0v) is 10.2. The number of nitrogens with two attached hydrogens (primary N) is 1. The average Bonchev–Trinajstić information content (AvgIpc) is 2.22. The monoisotopic (exact) mass is 240 g/mol. The summed E-state index contributed by atoms with van der Waals surface area (Å²) in [7, 11) is 0. The van der Waals surface area contributed by atoms with E-state index in [1.807, 2.05) is 12.1 Å². The zero-order chi connectivity index (χ0) is 11.5. The largest absolute Gasteiger partial charge is 0.399 e. The minimum absolute atomic E-state index is 0.307. The molecule has 1 aromatic rings. The molecule has 1 aromatic carbocycles. The molecule has 0 aromatic heterocycles. The fourth-order valence-corrected chi connectivity index (χ4v) is 2.22. The van der Waals surface area contributed by atoms with E-state index in [1.165, 1.54) is 0 Å². The standard InChI is InChI=1S/C12H17ClN2O/c1-9-7-15(4-5-16-9)8-10-2-3-11(14)6-12(10)13/h2-3,6,9H,4-5,7-8,14H2,1H3. The first kappa shape index (κ1) is 11.7. The molecule has 0 aliphatic carbocycles. The molecule has 1 atom stereocenters. The first-order valence-corrected chi connectivity index (χ1v) is 5.91. The molecule has 1 aliphatic heterocycles. The lowest BCUT2D eigenvalue weighted by Crippen LogP contribution is -2.40. The van der Waals surface area contributed by atoms with Crippen molar-refractivity contribution in [3.05, 3.63) is 28.8 Å². The van der Waals surface area contributed by atoms with E-state index in [0.29, 0.717) is 11.8 Å². The Morgan fingerprint density at radius 3 is 3.06 bits per heavy atom. The molecule has 1 heterocycles. The van der Waals surface area contributed by atoms with Gasteiger partial charge in [-0.1, -0.05) is 17.7 Å². The molecule has 0 bridgehead atoms. The van der Waals surface area contributed by atoms with Gasteiger partial charge in [0.15, 0.2) is 0 Å². The maximum absolute atomic E-state index is 6.15. The minimum atomic E-state index is 0.307. The summed E-state index contributed by atoms with van der Waals surface area (Å²) in [6.45, 7) is 5.68. The Labute approximate surface area is 101 Å². The highest BCUT2D eigenvalue weighted by molar-refractivity contribution is 6.31. The third-order valence-electron chi connectivity index (χ3n) is 2.80. The topological polar surface area (TPSA) is 38.5 Å². The number of hydrogen-bond acceptors (Lipinski definition) is 3. The second kappa shape index (κ2) is 5.04. The highest BCUT2D eigenvalue weighted by Gasteiger charge is 2.17. The van der Waals surface area contributed by atoms with Crippen molar-refractivity contribution in [1.29, 1.82) is 0 Å². The Hall–Kier alpha value is -0.770. The quantitative estimate of drug-likeness (QED) is 0.805. The molecule has 1 fully saturated rings. The Morgan fingerprint density at radius 2 is 2.38 bits per heavy atom. The van der Waals surface area contributed by atoms with Crippen LogP contribution in [0.1, 0.15) is 12.5 Å². The highest BCUT2D eigenvalue weighted by Crippen LogP contribution is 2.21. The summed E-state index contributed by atoms with van der Waals surface area (Å²) in [5.74, 6) is 0. The number of morpholine rings is 1. The van der Waals surface area contributed by atoms with Crippen LogP contribution in [0.3, 0.4) is 0 Å². The molecule has 3 nitrogen and oxygen atoms in total. The molecular weight excluding hydrogens is 224 g/mol. The average molecular weight is 241 g/mol. The van der Waals surface area contributed by atoms with Crippen molar-refractivity contribution in [3.63, 3.8) is 0 Å². The van der Waals surface area contributed by atoms with E-state index in [9.17, 15) is 0 Å². The highest BCUT2D eigenvalue weighted by atomic mass is 35.5. The predicted molar refractivity (Wildman–Crippen MR) is 66.6 cm³/mol. The second-order valence-corrected chi connectivity index (χ2v) is 4.67. The molecule has 0 spiro atoms. The van der Waals surface area contributed by atoms with Gasteiger partial charge < -0.3 is 10.5 Å². The molecule has 0 radical (unpaired) electrons. The third kappa shape index (κ3) is 2.88. The Kier molecular flexibility index (Phi) is 3.69. The molecule has 0 amide bonds. The summed E-state index contributed by atoms with van der Waals surface area (Å²) in [5, 5.41) is 0.749. The first-order chi connectivity index (χ1) is 7.65. The van der Waals surface area contributed by atoms with Crippen LogP contribution in [0.2, 0.25) is 5.02 Å². The van der Waals surface area contributed by atoms with Crippen LogP contribution in [0.15, 0.2) is 18.2 Å². The fourth-order valence-electron chi connectivity index (χ4n) is 1.97. The number of nitrogens with zero attached hydrogens (tertiary/aromatic N) is 1. The van der Waals surface area contributed by atoms with E-state index < -0.39 is 0 Å². The van der Waals surface area contributed by atoms with E-state index in [0.717, 1.165) is 36.8 Å². The van der Waals surface area contributed by atoms with Crippen molar-refractivity contribution in [2.45, 2.75) is 19.6 Å². The third-order valence-corrected chi connectivity index (χ3v) is 3.15. The van der Waals surface area contributed by atoms with Crippen LogP contribution < -0.4 is 5.73 Å². The number of benzene rings is 1. The fraction of sp³-hybridized carbons (Fsp3) is 0.500. The lowest BCUT2D eigenvalue weighted by atomic mass is 10.1. The number of halogens is 1. The van der Waals surface area contributed by atoms with Crippen LogP contribution in [-0.2, 0) is 11.3 Å². The molecule has 1 aliphatic rings. The Balaban J connectivity index is 2.02. The molecule has 4 heteroatoms. The summed E-state index contributed by atoms with van der Waals surface area (Å²) in [6.07, 6.45) is 0.307. The molecule has 88 valence electrons. The van der Waals surface area contributed by atoms with Crippen molar-refractivity contribution in [3.8, 4) is 0 Å². The number of ether oxygens (including phenoxy) is 1. The van der Waals surface area contributed by atoms with Crippen LogP contribution in [0.25, 0.3) is 0 Å². The first-order valence-electron chi connectivity index (χ1n) is 5.53. The molecule has 1 unspecified atom stereocenters. The molecule has 0 saturated carbocycles. The van der Waals surface area contributed by atoms with Crippen LogP contribution in [0.4, 0.5) is 5.69 Å². The maximum atomic E-state index is 6.15. The molecule has 2 N–H and O–H groups in total. The van der Waals surface area contributed by atoms with Gasteiger partial charge in [0.1, 0.15) is 0 Å². The summed E-state index contributed by atoms with van der Waals surface area (Å²) >= 11 is 6.15. The van der Waals surface area contributed by atoms with Gasteiger partial charge in [-0.15, -0.1) is 0 Å². The number of anilines is 1. The number of nitrogen functional groups attached to an aromatic ring is 1. The van der Waals surface area contributed by atoms with Crippen LogP contribution in [0.5, 0.6) is 0 Å². The van der Waals surface area contributed by atoms with Gasteiger partial charge in [-0.2, -0.15) is 0 Å². The van der Waals surface area contributed by atoms with Crippen LogP contribution in [-0.4, -0.2) is 30.7 Å². The van der Waals surface area contributed by atoms with E-state index in [2.05, 4.69) is 11.8 Å². The van der Waals surface area contributed by atoms with E-state index in [1.54, 1.807) is 6.07 Å². The van der Waals surface area contributed by atoms with Gasteiger partial charge in [-0.25, -0.2) is 0 Å². The Morgan fingerprint density at radius 1 is 1.56 bits per heavy atom. The van der Waals surface area contributed by atoms with Crippen molar-refractivity contribution in [1.82, 2.24) is 4.90 Å². The normalized spacial score (nSPS) is 22.2. The number of hydrogen-bond donors (Lipinski definition) is 1. The predicted octanol–water partition coefficient (Wildman–Crippen LogP) is 2.14. The lowest BCUT2D eigenvalue weighted by molar-refractivity contribution is -0.0212. The second-order valence-electron chi connectivity index (χ2n) is 4.27. The van der Waals surface area contributed by atoms with Crippen LogP contribution >= 0.6 is 11.6 Å². The van der Waals surface area contributed by atoms with E-state index in [4.69, 9.17) is 22.1 Å². The van der Waals surface area contributed by atoms with Crippen molar-refractivity contribution in [2.75, 3.05) is 25.4 Å². The molecule has 1 saturated heterocycles. The molecule has 2 rings (SSSR count). The van der Waals surface area contributed by atoms with Gasteiger partial charge >= 0.3 is 0 Å². The smallest absolute Gasteiger partial charge is 0.0674 e. The van der Waals surface area contributed by atoms with Gasteiger partial charge in [0, 0.05) is 30.3 Å². The maximum Gasteiger partial charge on any atom is 0.0674 e. The summed E-state index contributed by atoms with van der Waals surface area (Å²) in [6, 6.07) is 5.70. The summed E-state index contributed by atoms with van der Waals surface area (Å²) < 4.78 is 5.50. The van der Waals surface area contributed by atoms with Crippen molar-refractivity contribution in [2.24, 2.45) is 0 Å². The van der Waals surface area contributed by atoms with Crippen molar-refractivity contribution < 1.29 is 4.74 Å². The SMILES string of the molecule is CC1CN(Cc2ccc(N)cc2Cl)CCO1. The van der Waals surface area contributed by atoms with Gasteiger partial charge in [-0.3, -0.25) is 4.90 Å². The van der Waals surface area contributed by atoms with Gasteiger partial charge in [-0.05, 0) is 24.6 Å². The number of rotatable bonds is 2. The van der Waals surface area contributed by atoms with Crippen molar-refractivity contribution >= 4 is 17.3 Å². The summed E-state index contributed by atoms with van der Waals surface area (Å²) in [5.41, 5.74) is 7.51. The summed E-state index contributed by atoms with van der Waals surface area (Å²) in [4.78, 5) is 2.35.